The number of halogens is 3. The highest BCUT2D eigenvalue weighted by Crippen LogP contribution is 2.40. The molecule has 1 aliphatic carbocycles. The maximum absolute atomic E-state index is 12.8. The Labute approximate surface area is 117 Å². The van der Waals surface area contributed by atoms with Gasteiger partial charge in [0.05, 0.1) is 11.5 Å². The van der Waals surface area contributed by atoms with Crippen molar-refractivity contribution in [3.8, 4) is 0 Å². The zero-order valence-corrected chi connectivity index (χ0v) is 11.7. The molecule has 0 aromatic heterocycles. The predicted molar refractivity (Wildman–Crippen MR) is 67.9 cm³/mol. The van der Waals surface area contributed by atoms with Gasteiger partial charge in [-0.25, -0.2) is 0 Å². The van der Waals surface area contributed by atoms with Crippen molar-refractivity contribution >= 4 is 5.91 Å². The van der Waals surface area contributed by atoms with Crippen LogP contribution in [0.2, 0.25) is 0 Å². The van der Waals surface area contributed by atoms with Gasteiger partial charge in [-0.05, 0) is 39.0 Å². The third-order valence-electron chi connectivity index (χ3n) is 4.47. The van der Waals surface area contributed by atoms with Gasteiger partial charge in [-0.3, -0.25) is 4.79 Å². The molecule has 1 heterocycles. The maximum atomic E-state index is 12.8. The Morgan fingerprint density at radius 2 is 2.00 bits per heavy atom. The van der Waals surface area contributed by atoms with Gasteiger partial charge in [-0.15, -0.1) is 0 Å². The highest BCUT2D eigenvalue weighted by molar-refractivity contribution is 5.79. The Hall–Kier alpha value is -0.780. The van der Waals surface area contributed by atoms with E-state index in [-0.39, 0.29) is 25.3 Å². The van der Waals surface area contributed by atoms with Gasteiger partial charge < -0.3 is 10.0 Å². The van der Waals surface area contributed by atoms with Gasteiger partial charge >= 0.3 is 6.18 Å². The molecule has 116 valence electrons. The number of nitrogens with zero attached hydrogens (tertiary/aromatic N) is 1. The fraction of sp³-hybridized carbons (Fsp3) is 0.929. The fourth-order valence-electron chi connectivity index (χ4n) is 3.38. The Balaban J connectivity index is 1.98. The van der Waals surface area contributed by atoms with Crippen LogP contribution in [0.1, 0.15) is 45.4 Å². The quantitative estimate of drug-likeness (QED) is 0.807. The average Bonchev–Trinajstić information content (AvgIpc) is 2.36. The van der Waals surface area contributed by atoms with E-state index in [9.17, 15) is 23.1 Å². The molecule has 6 heteroatoms. The second kappa shape index (κ2) is 5.54. The van der Waals surface area contributed by atoms with Crippen molar-refractivity contribution < 1.29 is 23.1 Å². The second-order valence-corrected chi connectivity index (χ2v) is 6.46. The van der Waals surface area contributed by atoms with Crippen molar-refractivity contribution in [2.75, 3.05) is 13.1 Å². The Morgan fingerprint density at radius 3 is 2.60 bits per heavy atom. The SMILES string of the molecule is CC1(O)CCCN(C(=O)C2CCCC(C(F)(F)F)C2)C1. The standard InChI is InChI=1S/C14H22F3NO2/c1-13(20)6-3-7-18(9-13)12(19)10-4-2-5-11(8-10)14(15,16)17/h10-11,20H,2-9H2,1H3. The van der Waals surface area contributed by atoms with E-state index in [4.69, 9.17) is 0 Å². The molecule has 0 aromatic carbocycles. The first-order valence-corrected chi connectivity index (χ1v) is 7.27. The van der Waals surface area contributed by atoms with Gasteiger partial charge in [0.15, 0.2) is 0 Å². The van der Waals surface area contributed by atoms with Crippen LogP contribution < -0.4 is 0 Å². The molecule has 3 nitrogen and oxygen atoms in total. The van der Waals surface area contributed by atoms with Gasteiger partial charge in [0.2, 0.25) is 5.91 Å². The number of likely N-dealkylation sites (tertiary alicyclic amines) is 1. The summed E-state index contributed by atoms with van der Waals surface area (Å²) in [6, 6.07) is 0. The van der Waals surface area contributed by atoms with Crippen LogP contribution in [0.5, 0.6) is 0 Å². The molecule has 3 unspecified atom stereocenters. The molecule has 1 N–H and O–H groups in total. The minimum atomic E-state index is -4.20. The summed E-state index contributed by atoms with van der Waals surface area (Å²) in [5.74, 6) is -2.10. The lowest BCUT2D eigenvalue weighted by atomic mass is 9.80. The number of β-amino-alcohol motifs (C(OH)–C–C–N with tert-alkyl or cyclic N) is 1. The highest BCUT2D eigenvalue weighted by Gasteiger charge is 2.44. The third kappa shape index (κ3) is 3.65. The normalized spacial score (nSPS) is 36.0. The maximum Gasteiger partial charge on any atom is 0.391 e. The van der Waals surface area contributed by atoms with E-state index in [0.717, 1.165) is 0 Å². The summed E-state index contributed by atoms with van der Waals surface area (Å²) in [6.07, 6.45) is -1.85. The number of amides is 1. The van der Waals surface area contributed by atoms with Gasteiger partial charge in [0.1, 0.15) is 0 Å². The molecule has 1 saturated heterocycles. The van der Waals surface area contributed by atoms with Crippen LogP contribution in [-0.4, -0.2) is 40.8 Å². The van der Waals surface area contributed by atoms with Crippen molar-refractivity contribution in [2.24, 2.45) is 11.8 Å². The smallest absolute Gasteiger partial charge is 0.388 e. The highest BCUT2D eigenvalue weighted by atomic mass is 19.4. The fourth-order valence-corrected chi connectivity index (χ4v) is 3.38. The van der Waals surface area contributed by atoms with Gasteiger partial charge in [0.25, 0.3) is 0 Å². The topological polar surface area (TPSA) is 40.5 Å². The lowest BCUT2D eigenvalue weighted by Crippen LogP contribution is -2.51. The van der Waals surface area contributed by atoms with Crippen LogP contribution in [0.4, 0.5) is 13.2 Å². The number of hydrogen-bond acceptors (Lipinski definition) is 2. The van der Waals surface area contributed by atoms with Gasteiger partial charge in [0, 0.05) is 19.0 Å². The van der Waals surface area contributed by atoms with Gasteiger partial charge in [-0.1, -0.05) is 6.42 Å². The van der Waals surface area contributed by atoms with Crippen LogP contribution in [0, 0.1) is 11.8 Å². The number of hydrogen-bond donors (Lipinski definition) is 1. The average molecular weight is 293 g/mol. The summed E-state index contributed by atoms with van der Waals surface area (Å²) < 4.78 is 38.3. The van der Waals surface area contributed by atoms with E-state index >= 15 is 0 Å². The molecule has 20 heavy (non-hydrogen) atoms. The number of rotatable bonds is 1. The first kappa shape index (κ1) is 15.6. The molecule has 1 aliphatic heterocycles. The monoisotopic (exact) mass is 293 g/mol. The molecular formula is C14H22F3NO2. The summed E-state index contributed by atoms with van der Waals surface area (Å²) in [6.45, 7) is 2.45. The summed E-state index contributed by atoms with van der Waals surface area (Å²) in [5.41, 5.74) is -0.911. The number of carbonyl (C=O) groups excluding carboxylic acids is 1. The molecule has 1 amide bonds. The van der Waals surface area contributed by atoms with E-state index in [0.29, 0.717) is 32.2 Å². The number of aliphatic hydroxyl groups is 1. The Morgan fingerprint density at radius 1 is 1.30 bits per heavy atom. The van der Waals surface area contributed by atoms with Crippen LogP contribution >= 0.6 is 0 Å². The molecule has 2 rings (SSSR count). The molecule has 2 fully saturated rings. The summed E-state index contributed by atoms with van der Waals surface area (Å²) >= 11 is 0. The van der Waals surface area contributed by atoms with Crippen LogP contribution in [0.3, 0.4) is 0 Å². The Kier molecular flexibility index (Phi) is 4.33. The van der Waals surface area contributed by atoms with Gasteiger partial charge in [-0.2, -0.15) is 13.2 Å². The zero-order chi connectivity index (χ0) is 15.0. The third-order valence-corrected chi connectivity index (χ3v) is 4.47. The van der Waals surface area contributed by atoms with E-state index in [1.54, 1.807) is 11.8 Å². The van der Waals surface area contributed by atoms with E-state index < -0.39 is 23.6 Å². The molecule has 0 aromatic rings. The van der Waals surface area contributed by atoms with E-state index in [2.05, 4.69) is 0 Å². The van der Waals surface area contributed by atoms with E-state index in [1.807, 2.05) is 0 Å². The Bertz CT molecular complexity index is 368. The minimum absolute atomic E-state index is 0.0963. The number of piperidine rings is 1. The zero-order valence-electron chi connectivity index (χ0n) is 11.7. The summed E-state index contributed by atoms with van der Waals surface area (Å²) in [4.78, 5) is 13.9. The molecule has 0 spiro atoms. The molecule has 1 saturated carbocycles. The van der Waals surface area contributed by atoms with Crippen molar-refractivity contribution in [3.05, 3.63) is 0 Å². The molecule has 0 radical (unpaired) electrons. The van der Waals surface area contributed by atoms with Crippen LogP contribution in [0.25, 0.3) is 0 Å². The molecule has 0 bridgehead atoms. The largest absolute Gasteiger partial charge is 0.391 e. The first-order valence-electron chi connectivity index (χ1n) is 7.27. The van der Waals surface area contributed by atoms with Crippen molar-refractivity contribution in [2.45, 2.75) is 57.2 Å². The molecular weight excluding hydrogens is 271 g/mol. The molecule has 3 atom stereocenters. The number of carbonyl (C=O) groups is 1. The minimum Gasteiger partial charge on any atom is -0.388 e. The second-order valence-electron chi connectivity index (χ2n) is 6.46. The molecule has 2 aliphatic rings. The van der Waals surface area contributed by atoms with Crippen molar-refractivity contribution in [1.82, 2.24) is 4.90 Å². The van der Waals surface area contributed by atoms with Crippen molar-refractivity contribution in [3.63, 3.8) is 0 Å². The lowest BCUT2D eigenvalue weighted by Gasteiger charge is -2.40. The van der Waals surface area contributed by atoms with Crippen LogP contribution in [0.15, 0.2) is 0 Å². The van der Waals surface area contributed by atoms with E-state index in [1.165, 1.54) is 0 Å². The summed E-state index contributed by atoms with van der Waals surface area (Å²) in [7, 11) is 0. The lowest BCUT2D eigenvalue weighted by molar-refractivity contribution is -0.187. The first-order chi connectivity index (χ1) is 9.19. The van der Waals surface area contributed by atoms with Crippen molar-refractivity contribution in [1.29, 1.82) is 0 Å². The van der Waals surface area contributed by atoms with Crippen LogP contribution in [-0.2, 0) is 4.79 Å². The summed E-state index contributed by atoms with van der Waals surface area (Å²) in [5, 5.41) is 10.00. The predicted octanol–water partition coefficient (Wildman–Crippen LogP) is 2.73. The number of alkyl halides is 3.